The fourth-order valence-electron chi connectivity index (χ4n) is 2.93. The van der Waals surface area contributed by atoms with Gasteiger partial charge in [0.1, 0.15) is 12.1 Å². The lowest BCUT2D eigenvalue weighted by Gasteiger charge is -2.39. The highest BCUT2D eigenvalue weighted by Gasteiger charge is 2.43. The molecule has 1 aliphatic heterocycles. The van der Waals surface area contributed by atoms with E-state index in [0.29, 0.717) is 6.42 Å². The van der Waals surface area contributed by atoms with Gasteiger partial charge in [-0.05, 0) is 5.56 Å². The van der Waals surface area contributed by atoms with E-state index in [9.17, 15) is 9.59 Å². The number of rotatable bonds is 4. The molecule has 0 unspecified atom stereocenters. The van der Waals surface area contributed by atoms with Gasteiger partial charge in [-0.25, -0.2) is 4.98 Å². The van der Waals surface area contributed by atoms with E-state index >= 15 is 0 Å². The first kappa shape index (κ1) is 15.3. The predicted octanol–water partition coefficient (Wildman–Crippen LogP) is 0.913. The van der Waals surface area contributed by atoms with Crippen molar-refractivity contribution in [3.8, 4) is 0 Å². The molecule has 1 aromatic heterocycles. The molecule has 2 amide bonds. The number of aromatic amines is 1. The number of amides is 2. The molecule has 0 saturated carbocycles. The largest absolute Gasteiger partial charge is 0.348 e. The zero-order chi connectivity index (χ0) is 16.4. The molecule has 2 aromatic rings. The zero-order valence-electron chi connectivity index (χ0n) is 13.2. The zero-order valence-corrected chi connectivity index (χ0v) is 13.2. The van der Waals surface area contributed by atoms with Crippen LogP contribution in [0.3, 0.4) is 0 Å². The van der Waals surface area contributed by atoms with Gasteiger partial charge >= 0.3 is 0 Å². The number of H-pyrrole nitrogens is 1. The third kappa shape index (κ3) is 2.97. The van der Waals surface area contributed by atoms with Crippen LogP contribution < -0.4 is 10.6 Å². The van der Waals surface area contributed by atoms with Crippen molar-refractivity contribution in [2.75, 3.05) is 0 Å². The summed E-state index contributed by atoms with van der Waals surface area (Å²) in [6.07, 6.45) is 3.61. The van der Waals surface area contributed by atoms with Crippen molar-refractivity contribution >= 4 is 11.8 Å². The first-order chi connectivity index (χ1) is 11.0. The topological polar surface area (TPSA) is 86.9 Å². The third-order valence-corrected chi connectivity index (χ3v) is 4.40. The fraction of sp³-hybridized carbons (Fsp3) is 0.353. The van der Waals surface area contributed by atoms with Crippen LogP contribution in [-0.2, 0) is 21.4 Å². The van der Waals surface area contributed by atoms with E-state index in [2.05, 4.69) is 20.6 Å². The van der Waals surface area contributed by atoms with E-state index in [1.54, 1.807) is 12.5 Å². The SMILES string of the molecule is CC(C)(c1ccccc1)[C@H]1NC(=O)[C@H](Cc2cnc[nH]2)NC1=O. The molecule has 1 saturated heterocycles. The van der Waals surface area contributed by atoms with Gasteiger partial charge in [0.15, 0.2) is 0 Å². The van der Waals surface area contributed by atoms with Crippen LogP contribution in [0.15, 0.2) is 42.9 Å². The summed E-state index contributed by atoms with van der Waals surface area (Å²) in [6, 6.07) is 8.55. The number of benzene rings is 1. The molecule has 23 heavy (non-hydrogen) atoms. The molecule has 1 aliphatic rings. The number of carbonyl (C=O) groups is 2. The maximum absolute atomic E-state index is 12.5. The second-order valence-corrected chi connectivity index (χ2v) is 6.37. The molecule has 6 heteroatoms. The quantitative estimate of drug-likeness (QED) is 0.784. The second kappa shape index (κ2) is 5.87. The van der Waals surface area contributed by atoms with Crippen LogP contribution in [0.25, 0.3) is 0 Å². The second-order valence-electron chi connectivity index (χ2n) is 6.37. The molecule has 1 aromatic carbocycles. The highest BCUT2D eigenvalue weighted by molar-refractivity contribution is 5.98. The maximum Gasteiger partial charge on any atom is 0.244 e. The van der Waals surface area contributed by atoms with Crippen LogP contribution in [0, 0.1) is 0 Å². The standard InChI is InChI=1S/C17H20N4O2/c1-17(2,11-6-4-3-5-7-11)14-16(23)20-13(15(22)21-14)8-12-9-18-10-19-12/h3-7,9-10,13-14H,8H2,1-2H3,(H,18,19)(H,20,23)(H,21,22)/t13-,14-/m0/s1. The van der Waals surface area contributed by atoms with E-state index < -0.39 is 17.5 Å². The third-order valence-electron chi connectivity index (χ3n) is 4.40. The molecule has 0 bridgehead atoms. The van der Waals surface area contributed by atoms with Crippen LogP contribution in [0.1, 0.15) is 25.1 Å². The molecule has 1 fully saturated rings. The minimum atomic E-state index is -0.601. The molecule has 0 spiro atoms. The van der Waals surface area contributed by atoms with Gasteiger partial charge in [-0.3, -0.25) is 9.59 Å². The van der Waals surface area contributed by atoms with E-state index in [-0.39, 0.29) is 11.8 Å². The van der Waals surface area contributed by atoms with Crippen molar-refractivity contribution in [3.05, 3.63) is 54.1 Å². The molecular weight excluding hydrogens is 292 g/mol. The van der Waals surface area contributed by atoms with Crippen molar-refractivity contribution in [3.63, 3.8) is 0 Å². The van der Waals surface area contributed by atoms with E-state index in [0.717, 1.165) is 11.3 Å². The Balaban J connectivity index is 1.77. The van der Waals surface area contributed by atoms with E-state index in [1.807, 2.05) is 44.2 Å². The Bertz CT molecular complexity index is 695. The Morgan fingerprint density at radius 3 is 2.48 bits per heavy atom. The Labute approximate surface area is 134 Å². The summed E-state index contributed by atoms with van der Waals surface area (Å²) in [7, 11) is 0. The van der Waals surface area contributed by atoms with Crippen LogP contribution in [0.4, 0.5) is 0 Å². The lowest BCUT2D eigenvalue weighted by molar-refractivity contribution is -0.138. The molecule has 3 N–H and O–H groups in total. The Kier molecular flexibility index (Phi) is 3.90. The smallest absolute Gasteiger partial charge is 0.244 e. The number of carbonyl (C=O) groups excluding carboxylic acids is 2. The maximum atomic E-state index is 12.5. The molecule has 0 radical (unpaired) electrons. The van der Waals surface area contributed by atoms with Gasteiger partial charge in [0.05, 0.1) is 6.33 Å². The highest BCUT2D eigenvalue weighted by atomic mass is 16.2. The lowest BCUT2D eigenvalue weighted by Crippen LogP contribution is -2.67. The summed E-state index contributed by atoms with van der Waals surface area (Å²) in [5.74, 6) is -0.337. The number of imidazole rings is 1. The van der Waals surface area contributed by atoms with Gasteiger partial charge < -0.3 is 15.6 Å². The van der Waals surface area contributed by atoms with Crippen LogP contribution in [-0.4, -0.2) is 33.9 Å². The summed E-state index contributed by atoms with van der Waals surface area (Å²) in [5, 5.41) is 5.71. The first-order valence-corrected chi connectivity index (χ1v) is 7.62. The molecule has 3 rings (SSSR count). The minimum absolute atomic E-state index is 0.164. The molecule has 2 heterocycles. The molecule has 0 aliphatic carbocycles. The summed E-state index contributed by atoms with van der Waals surface area (Å²) >= 11 is 0. The van der Waals surface area contributed by atoms with Gasteiger partial charge in [0.25, 0.3) is 0 Å². The van der Waals surface area contributed by atoms with Crippen LogP contribution >= 0.6 is 0 Å². The molecular formula is C17H20N4O2. The number of piperazine rings is 1. The Hall–Kier alpha value is -2.63. The Morgan fingerprint density at radius 1 is 1.09 bits per heavy atom. The van der Waals surface area contributed by atoms with Crippen LogP contribution in [0.2, 0.25) is 0 Å². The van der Waals surface area contributed by atoms with E-state index in [1.165, 1.54) is 0 Å². The molecule has 6 nitrogen and oxygen atoms in total. The van der Waals surface area contributed by atoms with Gasteiger partial charge in [-0.15, -0.1) is 0 Å². The summed E-state index contributed by atoms with van der Waals surface area (Å²) in [6.45, 7) is 3.92. The first-order valence-electron chi connectivity index (χ1n) is 7.62. The summed E-state index contributed by atoms with van der Waals surface area (Å²) in [4.78, 5) is 31.8. The summed E-state index contributed by atoms with van der Waals surface area (Å²) in [5.41, 5.74) is 1.32. The van der Waals surface area contributed by atoms with Crippen molar-refractivity contribution in [1.29, 1.82) is 0 Å². The van der Waals surface area contributed by atoms with Crippen LogP contribution in [0.5, 0.6) is 0 Å². The minimum Gasteiger partial charge on any atom is -0.348 e. The monoisotopic (exact) mass is 312 g/mol. The van der Waals surface area contributed by atoms with Gasteiger partial charge in [0.2, 0.25) is 11.8 Å². The van der Waals surface area contributed by atoms with Crippen molar-refractivity contribution in [2.24, 2.45) is 0 Å². The Morgan fingerprint density at radius 2 is 1.83 bits per heavy atom. The van der Waals surface area contributed by atoms with E-state index in [4.69, 9.17) is 0 Å². The van der Waals surface area contributed by atoms with Gasteiger partial charge in [-0.1, -0.05) is 44.2 Å². The normalized spacial score (nSPS) is 21.7. The lowest BCUT2D eigenvalue weighted by atomic mass is 9.76. The average molecular weight is 312 g/mol. The van der Waals surface area contributed by atoms with Gasteiger partial charge in [-0.2, -0.15) is 0 Å². The summed E-state index contributed by atoms with van der Waals surface area (Å²) < 4.78 is 0. The number of nitrogens with one attached hydrogen (secondary N) is 3. The van der Waals surface area contributed by atoms with Crippen molar-refractivity contribution in [2.45, 2.75) is 37.8 Å². The average Bonchev–Trinajstić information content (AvgIpc) is 3.04. The number of hydrogen-bond acceptors (Lipinski definition) is 3. The van der Waals surface area contributed by atoms with Crippen molar-refractivity contribution < 1.29 is 9.59 Å². The van der Waals surface area contributed by atoms with Crippen molar-refractivity contribution in [1.82, 2.24) is 20.6 Å². The predicted molar refractivity (Wildman–Crippen MR) is 85.6 cm³/mol. The number of hydrogen-bond donors (Lipinski definition) is 3. The number of nitrogens with zero attached hydrogens (tertiary/aromatic N) is 1. The highest BCUT2D eigenvalue weighted by Crippen LogP contribution is 2.28. The van der Waals surface area contributed by atoms with Gasteiger partial charge in [0, 0.05) is 23.7 Å². The fourth-order valence-corrected chi connectivity index (χ4v) is 2.93. The number of aromatic nitrogens is 2. The molecule has 2 atom stereocenters. The molecule has 120 valence electrons.